The lowest BCUT2D eigenvalue weighted by Crippen LogP contribution is -2.51. The SMILES string of the molecule is N#Cc1ccnc(N2CCN3C(=O)CCC3C2)c1N. The zero-order chi connectivity index (χ0) is 13.4. The number of hydrogen-bond acceptors (Lipinski definition) is 5. The van der Waals surface area contributed by atoms with Crippen molar-refractivity contribution in [3.8, 4) is 6.07 Å². The normalized spacial score (nSPS) is 22.3. The van der Waals surface area contributed by atoms with E-state index in [4.69, 9.17) is 11.0 Å². The molecule has 2 N–H and O–H groups in total. The van der Waals surface area contributed by atoms with Crippen LogP contribution in [0.25, 0.3) is 0 Å². The Bertz CT molecular complexity index is 565. The molecule has 1 unspecified atom stereocenters. The van der Waals surface area contributed by atoms with Gasteiger partial charge in [-0.25, -0.2) is 4.98 Å². The maximum Gasteiger partial charge on any atom is 0.223 e. The molecule has 1 aromatic rings. The number of nitriles is 1. The topological polar surface area (TPSA) is 86.2 Å². The highest BCUT2D eigenvalue weighted by Gasteiger charge is 2.36. The third kappa shape index (κ3) is 1.87. The Morgan fingerprint density at radius 3 is 3.11 bits per heavy atom. The number of anilines is 2. The summed E-state index contributed by atoms with van der Waals surface area (Å²) in [7, 11) is 0. The van der Waals surface area contributed by atoms with E-state index in [0.717, 1.165) is 13.0 Å². The Kier molecular flexibility index (Phi) is 2.75. The Labute approximate surface area is 111 Å². The molecule has 0 bridgehead atoms. The van der Waals surface area contributed by atoms with Crippen molar-refractivity contribution in [2.75, 3.05) is 30.3 Å². The number of nitrogens with two attached hydrogens (primary N) is 1. The predicted octanol–water partition coefficient (Wildman–Crippen LogP) is 0.346. The molecule has 6 nitrogen and oxygen atoms in total. The van der Waals surface area contributed by atoms with Crippen molar-refractivity contribution in [1.29, 1.82) is 5.26 Å². The number of hydrogen-bond donors (Lipinski definition) is 1. The summed E-state index contributed by atoms with van der Waals surface area (Å²) in [6.45, 7) is 2.17. The number of amides is 1. The van der Waals surface area contributed by atoms with E-state index in [0.29, 0.717) is 36.6 Å². The molecule has 0 radical (unpaired) electrons. The third-order valence-electron chi connectivity index (χ3n) is 3.88. The lowest BCUT2D eigenvalue weighted by Gasteiger charge is -2.38. The van der Waals surface area contributed by atoms with Crippen LogP contribution in [-0.4, -0.2) is 41.5 Å². The number of nitrogen functional groups attached to an aromatic ring is 1. The molecule has 0 aliphatic carbocycles. The molecule has 19 heavy (non-hydrogen) atoms. The Hall–Kier alpha value is -2.29. The molecule has 1 aromatic heterocycles. The lowest BCUT2D eigenvalue weighted by atomic mass is 10.1. The highest BCUT2D eigenvalue weighted by molar-refractivity contribution is 5.79. The van der Waals surface area contributed by atoms with Crippen molar-refractivity contribution < 1.29 is 4.79 Å². The summed E-state index contributed by atoms with van der Waals surface area (Å²) >= 11 is 0. The van der Waals surface area contributed by atoms with Gasteiger partial charge in [0.15, 0.2) is 5.82 Å². The average molecular weight is 257 g/mol. The minimum absolute atomic E-state index is 0.247. The molecule has 3 heterocycles. The van der Waals surface area contributed by atoms with Gasteiger partial charge in [0, 0.05) is 38.3 Å². The second kappa shape index (κ2) is 4.43. The van der Waals surface area contributed by atoms with Crippen molar-refractivity contribution in [1.82, 2.24) is 9.88 Å². The maximum atomic E-state index is 11.6. The van der Waals surface area contributed by atoms with Crippen LogP contribution in [0.4, 0.5) is 11.5 Å². The van der Waals surface area contributed by atoms with E-state index in [9.17, 15) is 4.79 Å². The van der Waals surface area contributed by atoms with E-state index in [1.165, 1.54) is 0 Å². The molecule has 98 valence electrons. The number of aromatic nitrogens is 1. The van der Waals surface area contributed by atoms with Crippen molar-refractivity contribution in [2.45, 2.75) is 18.9 Å². The van der Waals surface area contributed by atoms with Gasteiger partial charge in [-0.15, -0.1) is 0 Å². The fraction of sp³-hybridized carbons (Fsp3) is 0.462. The number of fused-ring (bicyclic) bond motifs is 1. The number of carbonyl (C=O) groups is 1. The monoisotopic (exact) mass is 257 g/mol. The second-order valence-corrected chi connectivity index (χ2v) is 4.93. The minimum atomic E-state index is 0.247. The molecule has 2 saturated heterocycles. The third-order valence-corrected chi connectivity index (χ3v) is 3.88. The van der Waals surface area contributed by atoms with E-state index in [1.54, 1.807) is 12.3 Å². The van der Waals surface area contributed by atoms with E-state index >= 15 is 0 Å². The van der Waals surface area contributed by atoms with Gasteiger partial charge in [-0.1, -0.05) is 0 Å². The van der Waals surface area contributed by atoms with Gasteiger partial charge in [-0.3, -0.25) is 4.79 Å². The summed E-state index contributed by atoms with van der Waals surface area (Å²) in [6.07, 6.45) is 3.14. The molecule has 2 fully saturated rings. The van der Waals surface area contributed by atoms with Gasteiger partial charge in [0.25, 0.3) is 0 Å². The van der Waals surface area contributed by atoms with E-state index in [2.05, 4.69) is 16.0 Å². The fourth-order valence-corrected chi connectivity index (χ4v) is 2.87. The molecule has 2 aliphatic rings. The van der Waals surface area contributed by atoms with Crippen LogP contribution in [0.3, 0.4) is 0 Å². The van der Waals surface area contributed by atoms with E-state index in [-0.39, 0.29) is 11.9 Å². The summed E-state index contributed by atoms with van der Waals surface area (Å²) in [5.74, 6) is 0.911. The van der Waals surface area contributed by atoms with Crippen LogP contribution in [-0.2, 0) is 4.79 Å². The molecule has 6 heteroatoms. The second-order valence-electron chi connectivity index (χ2n) is 4.93. The standard InChI is InChI=1S/C13H15N5O/c14-7-9-3-4-16-13(12(9)15)17-5-6-18-10(8-17)1-2-11(18)19/h3-4,10H,1-2,5-6,8,15H2. The largest absolute Gasteiger partial charge is 0.395 e. The lowest BCUT2D eigenvalue weighted by molar-refractivity contribution is -0.129. The number of rotatable bonds is 1. The number of nitrogens with zero attached hydrogens (tertiary/aromatic N) is 4. The van der Waals surface area contributed by atoms with Gasteiger partial charge in [0.2, 0.25) is 5.91 Å². The maximum absolute atomic E-state index is 11.6. The predicted molar refractivity (Wildman–Crippen MR) is 70.3 cm³/mol. The summed E-state index contributed by atoms with van der Waals surface area (Å²) in [5.41, 5.74) is 6.87. The molecule has 0 spiro atoms. The van der Waals surface area contributed by atoms with Crippen molar-refractivity contribution in [3.63, 3.8) is 0 Å². The van der Waals surface area contributed by atoms with Gasteiger partial charge >= 0.3 is 0 Å². The fourth-order valence-electron chi connectivity index (χ4n) is 2.87. The van der Waals surface area contributed by atoms with Crippen LogP contribution in [0.1, 0.15) is 18.4 Å². The van der Waals surface area contributed by atoms with Gasteiger partial charge in [0.1, 0.15) is 6.07 Å². The minimum Gasteiger partial charge on any atom is -0.395 e. The Morgan fingerprint density at radius 2 is 2.32 bits per heavy atom. The van der Waals surface area contributed by atoms with E-state index < -0.39 is 0 Å². The summed E-state index contributed by atoms with van der Waals surface area (Å²) in [4.78, 5) is 20.0. The first kappa shape index (κ1) is 11.8. The first-order valence-electron chi connectivity index (χ1n) is 6.39. The first-order chi connectivity index (χ1) is 9.20. The van der Waals surface area contributed by atoms with E-state index in [1.807, 2.05) is 4.90 Å². The van der Waals surface area contributed by atoms with Gasteiger partial charge in [-0.2, -0.15) is 5.26 Å². The first-order valence-corrected chi connectivity index (χ1v) is 6.39. The highest BCUT2D eigenvalue weighted by atomic mass is 16.2. The number of pyridine rings is 1. The molecular formula is C13H15N5O. The summed E-state index contributed by atoms with van der Waals surface area (Å²) < 4.78 is 0. The van der Waals surface area contributed by atoms with Gasteiger partial charge in [-0.05, 0) is 12.5 Å². The van der Waals surface area contributed by atoms with Gasteiger partial charge in [0.05, 0.1) is 11.3 Å². The van der Waals surface area contributed by atoms with Crippen molar-refractivity contribution >= 4 is 17.4 Å². The van der Waals surface area contributed by atoms with Crippen LogP contribution < -0.4 is 10.6 Å². The van der Waals surface area contributed by atoms with Crippen LogP contribution >= 0.6 is 0 Å². The number of carbonyl (C=O) groups excluding carboxylic acids is 1. The molecule has 3 rings (SSSR count). The zero-order valence-electron chi connectivity index (χ0n) is 10.5. The zero-order valence-corrected chi connectivity index (χ0v) is 10.5. The van der Waals surface area contributed by atoms with Crippen LogP contribution in [0.5, 0.6) is 0 Å². The molecule has 1 amide bonds. The van der Waals surface area contributed by atoms with Crippen LogP contribution in [0.2, 0.25) is 0 Å². The number of piperazine rings is 1. The van der Waals surface area contributed by atoms with Crippen LogP contribution in [0.15, 0.2) is 12.3 Å². The van der Waals surface area contributed by atoms with Crippen molar-refractivity contribution in [2.24, 2.45) is 0 Å². The summed E-state index contributed by atoms with van der Waals surface area (Å²) in [5, 5.41) is 9.00. The molecule has 0 saturated carbocycles. The molecule has 2 aliphatic heterocycles. The highest BCUT2D eigenvalue weighted by Crippen LogP contribution is 2.29. The smallest absolute Gasteiger partial charge is 0.223 e. The van der Waals surface area contributed by atoms with Gasteiger partial charge < -0.3 is 15.5 Å². The Morgan fingerprint density at radius 1 is 1.47 bits per heavy atom. The molecule has 0 aromatic carbocycles. The van der Waals surface area contributed by atoms with Crippen molar-refractivity contribution in [3.05, 3.63) is 17.8 Å². The summed E-state index contributed by atoms with van der Waals surface area (Å²) in [6, 6.07) is 3.95. The van der Waals surface area contributed by atoms with Crippen LogP contribution in [0, 0.1) is 11.3 Å². The average Bonchev–Trinajstić information content (AvgIpc) is 2.80. The molecule has 1 atom stereocenters. The Balaban J connectivity index is 1.85. The quantitative estimate of drug-likeness (QED) is 0.784. The molecular weight excluding hydrogens is 242 g/mol.